The van der Waals surface area contributed by atoms with Crippen LogP contribution in [0.3, 0.4) is 0 Å². The van der Waals surface area contributed by atoms with Crippen LogP contribution in [-0.4, -0.2) is 13.7 Å². The average molecular weight is 333 g/mol. The van der Waals surface area contributed by atoms with E-state index in [0.717, 1.165) is 12.2 Å². The third-order valence-electron chi connectivity index (χ3n) is 6.09. The van der Waals surface area contributed by atoms with Gasteiger partial charge in [0.2, 0.25) is 0 Å². The average Bonchev–Trinajstić information content (AvgIpc) is 2.46. The largest absolute Gasteiger partial charge is 0.488 e. The highest BCUT2D eigenvalue weighted by Gasteiger charge is 2.39. The third-order valence-corrected chi connectivity index (χ3v) is 9.39. The van der Waals surface area contributed by atoms with Crippen LogP contribution in [0.4, 0.5) is 0 Å². The summed E-state index contributed by atoms with van der Waals surface area (Å²) in [5.74, 6) is 1.72. The fraction of sp³-hybridized carbons (Fsp3) is 0.714. The second kappa shape index (κ2) is 6.62. The fourth-order valence-corrected chi connectivity index (χ4v) is 7.25. The van der Waals surface area contributed by atoms with Gasteiger partial charge in [-0.25, -0.2) is 0 Å². The Bertz CT molecular complexity index is 513. The Balaban J connectivity index is 2.08. The zero-order valence-corrected chi connectivity index (χ0v) is 17.3. The molecule has 0 aromatic heterocycles. The van der Waals surface area contributed by atoms with Crippen molar-refractivity contribution < 1.29 is 4.74 Å². The minimum atomic E-state index is -0.999. The third kappa shape index (κ3) is 4.62. The first-order chi connectivity index (χ1) is 10.6. The Kier molecular flexibility index (Phi) is 5.35. The summed E-state index contributed by atoms with van der Waals surface area (Å²) in [5, 5.41) is 0. The lowest BCUT2D eigenvalue weighted by Crippen LogP contribution is -2.45. The molecule has 130 valence electrons. The summed E-state index contributed by atoms with van der Waals surface area (Å²) in [6, 6.07) is 11.7. The van der Waals surface area contributed by atoms with E-state index in [4.69, 9.17) is 4.74 Å². The molecule has 0 amide bonds. The highest BCUT2D eigenvalue weighted by molar-refractivity contribution is 6.77. The number of hydrogen-bond donors (Lipinski definition) is 0. The van der Waals surface area contributed by atoms with E-state index in [9.17, 15) is 0 Å². The van der Waals surface area contributed by atoms with Gasteiger partial charge in [0.25, 0.3) is 0 Å². The summed E-state index contributed by atoms with van der Waals surface area (Å²) in [4.78, 5) is 0. The van der Waals surface area contributed by atoms with Crippen molar-refractivity contribution in [1.82, 2.24) is 0 Å². The molecule has 0 N–H and O–H groups in total. The standard InChI is InChI=1S/C21H36OSi/c1-8-20(2,3)17-11-13-19(14-12-17)22-21(4,5)18-10-9-15-23(6,7)16-18/h11-14,18H,8-10,15-16H2,1-7H3. The van der Waals surface area contributed by atoms with Gasteiger partial charge >= 0.3 is 0 Å². The van der Waals surface area contributed by atoms with E-state index in [1.165, 1.54) is 30.5 Å². The van der Waals surface area contributed by atoms with Gasteiger partial charge in [0.1, 0.15) is 11.4 Å². The number of rotatable bonds is 5. The molecule has 0 aliphatic carbocycles. The Morgan fingerprint density at radius 3 is 2.22 bits per heavy atom. The smallest absolute Gasteiger partial charge is 0.120 e. The van der Waals surface area contributed by atoms with Crippen molar-refractivity contribution in [2.75, 3.05) is 0 Å². The van der Waals surface area contributed by atoms with Gasteiger partial charge in [-0.1, -0.05) is 64.5 Å². The molecule has 2 heteroatoms. The maximum absolute atomic E-state index is 6.46. The van der Waals surface area contributed by atoms with Gasteiger partial charge in [-0.05, 0) is 55.7 Å². The van der Waals surface area contributed by atoms with E-state index < -0.39 is 8.07 Å². The SMILES string of the molecule is CCC(C)(C)c1ccc(OC(C)(C)C2CCC[Si](C)(C)C2)cc1. The Hall–Kier alpha value is -0.763. The van der Waals surface area contributed by atoms with E-state index in [2.05, 4.69) is 72.0 Å². The van der Waals surface area contributed by atoms with Gasteiger partial charge in [-0.3, -0.25) is 0 Å². The first-order valence-corrected chi connectivity index (χ1v) is 12.8. The molecule has 1 aliphatic rings. The van der Waals surface area contributed by atoms with Gasteiger partial charge in [-0.15, -0.1) is 0 Å². The first-order valence-electron chi connectivity index (χ1n) is 9.35. The molecule has 1 aromatic rings. The van der Waals surface area contributed by atoms with Crippen molar-refractivity contribution in [3.8, 4) is 5.75 Å². The van der Waals surface area contributed by atoms with Crippen molar-refractivity contribution >= 4 is 8.07 Å². The molecule has 1 atom stereocenters. The van der Waals surface area contributed by atoms with Crippen molar-refractivity contribution in [3.63, 3.8) is 0 Å². The molecule has 1 unspecified atom stereocenters. The van der Waals surface area contributed by atoms with Gasteiger partial charge in [0.15, 0.2) is 0 Å². The van der Waals surface area contributed by atoms with E-state index in [1.54, 1.807) is 0 Å². The van der Waals surface area contributed by atoms with Crippen LogP contribution in [0.1, 0.15) is 59.4 Å². The summed E-state index contributed by atoms with van der Waals surface area (Å²) in [6.45, 7) is 16.5. The van der Waals surface area contributed by atoms with Crippen molar-refractivity contribution in [2.45, 2.75) is 90.1 Å². The highest BCUT2D eigenvalue weighted by atomic mass is 28.3. The van der Waals surface area contributed by atoms with Crippen LogP contribution >= 0.6 is 0 Å². The van der Waals surface area contributed by atoms with Crippen molar-refractivity contribution in [3.05, 3.63) is 29.8 Å². The number of ether oxygens (including phenoxy) is 1. The van der Waals surface area contributed by atoms with Crippen LogP contribution < -0.4 is 4.74 Å². The predicted molar refractivity (Wildman–Crippen MR) is 104 cm³/mol. The molecule has 0 radical (unpaired) electrons. The second-order valence-corrected chi connectivity index (χ2v) is 14.7. The lowest BCUT2D eigenvalue weighted by molar-refractivity contribution is 0.0445. The van der Waals surface area contributed by atoms with E-state index >= 15 is 0 Å². The highest BCUT2D eigenvalue weighted by Crippen LogP contribution is 2.40. The van der Waals surface area contributed by atoms with E-state index in [-0.39, 0.29) is 11.0 Å². The summed E-state index contributed by atoms with van der Waals surface area (Å²) >= 11 is 0. The van der Waals surface area contributed by atoms with Crippen LogP contribution in [0.15, 0.2) is 24.3 Å². The molecule has 1 aliphatic heterocycles. The molecule has 1 aromatic carbocycles. The van der Waals surface area contributed by atoms with Gasteiger partial charge in [0.05, 0.1) is 0 Å². The van der Waals surface area contributed by atoms with E-state index in [0.29, 0.717) is 5.92 Å². The minimum absolute atomic E-state index is 0.0630. The molecule has 0 spiro atoms. The van der Waals surface area contributed by atoms with Crippen LogP contribution in [0.5, 0.6) is 5.75 Å². The molecule has 2 rings (SSSR count). The lowest BCUT2D eigenvalue weighted by Gasteiger charge is -2.42. The molecular formula is C21H36OSi. The topological polar surface area (TPSA) is 9.23 Å². The molecule has 0 bridgehead atoms. The summed E-state index contributed by atoms with van der Waals surface area (Å²) in [6.07, 6.45) is 3.87. The summed E-state index contributed by atoms with van der Waals surface area (Å²) in [7, 11) is -0.999. The summed E-state index contributed by atoms with van der Waals surface area (Å²) in [5.41, 5.74) is 1.58. The Morgan fingerprint density at radius 2 is 1.70 bits per heavy atom. The molecule has 1 fully saturated rings. The van der Waals surface area contributed by atoms with E-state index in [1.807, 2.05) is 0 Å². The molecule has 1 heterocycles. The second-order valence-electron chi connectivity index (χ2n) is 9.42. The quantitative estimate of drug-likeness (QED) is 0.548. The van der Waals surface area contributed by atoms with Gasteiger partial charge in [0, 0.05) is 8.07 Å². The Morgan fingerprint density at radius 1 is 1.09 bits per heavy atom. The minimum Gasteiger partial charge on any atom is -0.488 e. The fourth-order valence-electron chi connectivity index (χ4n) is 3.86. The Labute approximate surface area is 144 Å². The maximum atomic E-state index is 6.46. The summed E-state index contributed by atoms with van der Waals surface area (Å²) < 4.78 is 6.46. The number of hydrogen-bond acceptors (Lipinski definition) is 1. The van der Waals surface area contributed by atoms with Gasteiger partial charge < -0.3 is 4.74 Å². The molecule has 1 saturated heterocycles. The zero-order valence-electron chi connectivity index (χ0n) is 16.3. The molecule has 1 nitrogen and oxygen atoms in total. The zero-order chi connectivity index (χ0) is 17.3. The van der Waals surface area contributed by atoms with Crippen LogP contribution in [0.2, 0.25) is 25.2 Å². The molecule has 23 heavy (non-hydrogen) atoms. The van der Waals surface area contributed by atoms with Crippen LogP contribution in [0.25, 0.3) is 0 Å². The monoisotopic (exact) mass is 332 g/mol. The normalized spacial score (nSPS) is 22.0. The van der Waals surface area contributed by atoms with Gasteiger partial charge in [-0.2, -0.15) is 0 Å². The maximum Gasteiger partial charge on any atom is 0.120 e. The van der Waals surface area contributed by atoms with Crippen LogP contribution in [0, 0.1) is 5.92 Å². The number of benzene rings is 1. The predicted octanol–water partition coefficient (Wildman–Crippen LogP) is 6.65. The first kappa shape index (κ1) is 18.6. The van der Waals surface area contributed by atoms with Crippen molar-refractivity contribution in [1.29, 1.82) is 0 Å². The lowest BCUT2D eigenvalue weighted by atomic mass is 9.82. The van der Waals surface area contributed by atoms with Crippen molar-refractivity contribution in [2.24, 2.45) is 5.92 Å². The molecule has 0 saturated carbocycles. The van der Waals surface area contributed by atoms with Crippen LogP contribution in [-0.2, 0) is 5.41 Å². The molecular weight excluding hydrogens is 296 g/mol.